The fraction of sp³-hybridized carbons (Fsp3) is 0.143. The molecule has 1 N–H and O–H groups in total. The molecule has 0 aliphatic rings. The average Bonchev–Trinajstić information content (AvgIpc) is 2.72. The maximum absolute atomic E-state index is 11.0. The highest BCUT2D eigenvalue weighted by Crippen LogP contribution is 2.32. The van der Waals surface area contributed by atoms with Gasteiger partial charge in [0.1, 0.15) is 0 Å². The second-order valence-electron chi connectivity index (χ2n) is 5.96. The van der Waals surface area contributed by atoms with Crippen LogP contribution in [0.1, 0.15) is 16.2 Å². The number of carbonyl (C=O) groups is 1. The summed E-state index contributed by atoms with van der Waals surface area (Å²) in [7, 11) is 1.64. The molecule has 1 aromatic heterocycles. The average molecular weight is 358 g/mol. The standard InChI is InChI=1S/C21H18N4O2/c1-14(10-22)11-24-21-17(13-27-2)6-4-15-3-5-16(9-18(15)21)19-7-8-23-20(12-26)25-19/h3-9,12,24H,1,11,13H2,2H3. The number of ether oxygens (including phenoxy) is 1. The second-order valence-corrected chi connectivity index (χ2v) is 5.96. The number of nitrogens with one attached hydrogen (secondary N) is 1. The van der Waals surface area contributed by atoms with Crippen LogP contribution in [0.2, 0.25) is 0 Å². The van der Waals surface area contributed by atoms with Gasteiger partial charge >= 0.3 is 0 Å². The number of nitriles is 1. The number of methoxy groups -OCH3 is 1. The summed E-state index contributed by atoms with van der Waals surface area (Å²) in [4.78, 5) is 19.1. The van der Waals surface area contributed by atoms with Crippen molar-refractivity contribution in [2.75, 3.05) is 19.0 Å². The molecule has 0 saturated carbocycles. The van der Waals surface area contributed by atoms with Crippen molar-refractivity contribution in [3.05, 3.63) is 66.1 Å². The number of carbonyl (C=O) groups excluding carboxylic acids is 1. The van der Waals surface area contributed by atoms with Gasteiger partial charge in [-0.05, 0) is 17.5 Å². The minimum Gasteiger partial charge on any atom is -0.380 e. The van der Waals surface area contributed by atoms with E-state index in [0.717, 1.165) is 27.6 Å². The molecule has 0 fully saturated rings. The summed E-state index contributed by atoms with van der Waals surface area (Å²) in [5, 5.41) is 14.3. The third kappa shape index (κ3) is 4.00. The molecular formula is C21H18N4O2. The molecule has 0 saturated heterocycles. The molecule has 134 valence electrons. The number of aromatic nitrogens is 2. The molecule has 0 aliphatic carbocycles. The lowest BCUT2D eigenvalue weighted by Gasteiger charge is -2.15. The third-order valence-electron chi connectivity index (χ3n) is 4.12. The lowest BCUT2D eigenvalue weighted by atomic mass is 10.00. The van der Waals surface area contributed by atoms with Gasteiger partial charge in [-0.1, -0.05) is 30.8 Å². The lowest BCUT2D eigenvalue weighted by Crippen LogP contribution is -2.07. The second kappa shape index (κ2) is 8.21. The zero-order valence-electron chi connectivity index (χ0n) is 14.9. The zero-order chi connectivity index (χ0) is 19.2. The summed E-state index contributed by atoms with van der Waals surface area (Å²) in [6, 6.07) is 13.8. The molecule has 0 aliphatic heterocycles. The van der Waals surface area contributed by atoms with Gasteiger partial charge in [0.25, 0.3) is 0 Å². The first-order valence-electron chi connectivity index (χ1n) is 8.31. The van der Waals surface area contributed by atoms with Gasteiger partial charge in [0.2, 0.25) is 0 Å². The van der Waals surface area contributed by atoms with E-state index in [1.807, 2.05) is 36.4 Å². The highest BCUT2D eigenvalue weighted by molar-refractivity contribution is 5.98. The maximum Gasteiger partial charge on any atom is 0.193 e. The molecule has 27 heavy (non-hydrogen) atoms. The Morgan fingerprint density at radius 1 is 1.33 bits per heavy atom. The van der Waals surface area contributed by atoms with Crippen molar-refractivity contribution in [2.45, 2.75) is 6.61 Å². The summed E-state index contributed by atoms with van der Waals surface area (Å²) >= 11 is 0. The highest BCUT2D eigenvalue weighted by atomic mass is 16.5. The van der Waals surface area contributed by atoms with E-state index in [2.05, 4.69) is 21.9 Å². The van der Waals surface area contributed by atoms with Gasteiger partial charge in [-0.2, -0.15) is 5.26 Å². The Labute approximate surface area is 157 Å². The van der Waals surface area contributed by atoms with Gasteiger partial charge in [-0.15, -0.1) is 0 Å². The van der Waals surface area contributed by atoms with Gasteiger partial charge in [-0.3, -0.25) is 4.79 Å². The molecule has 3 aromatic rings. The maximum atomic E-state index is 11.0. The van der Waals surface area contributed by atoms with E-state index < -0.39 is 0 Å². The van der Waals surface area contributed by atoms with Crippen LogP contribution in [-0.4, -0.2) is 29.9 Å². The van der Waals surface area contributed by atoms with Crippen LogP contribution in [0.15, 0.2) is 54.7 Å². The third-order valence-corrected chi connectivity index (χ3v) is 4.12. The van der Waals surface area contributed by atoms with Gasteiger partial charge in [0, 0.05) is 47.6 Å². The van der Waals surface area contributed by atoms with Crippen LogP contribution in [0.5, 0.6) is 0 Å². The van der Waals surface area contributed by atoms with Gasteiger partial charge in [-0.25, -0.2) is 9.97 Å². The number of rotatable bonds is 7. The normalized spacial score (nSPS) is 10.4. The van der Waals surface area contributed by atoms with Crippen LogP contribution in [0.4, 0.5) is 5.69 Å². The first-order valence-corrected chi connectivity index (χ1v) is 8.31. The number of benzene rings is 2. The highest BCUT2D eigenvalue weighted by Gasteiger charge is 2.10. The van der Waals surface area contributed by atoms with E-state index in [0.29, 0.717) is 30.7 Å². The fourth-order valence-corrected chi connectivity index (χ4v) is 2.83. The number of fused-ring (bicyclic) bond motifs is 1. The van der Waals surface area contributed by atoms with Crippen molar-refractivity contribution in [1.82, 2.24) is 9.97 Å². The van der Waals surface area contributed by atoms with Crippen molar-refractivity contribution in [3.8, 4) is 17.3 Å². The predicted molar refractivity (Wildman–Crippen MR) is 104 cm³/mol. The topological polar surface area (TPSA) is 87.9 Å². The largest absolute Gasteiger partial charge is 0.380 e. The van der Waals surface area contributed by atoms with Crippen molar-refractivity contribution in [2.24, 2.45) is 0 Å². The summed E-state index contributed by atoms with van der Waals surface area (Å²) < 4.78 is 5.31. The van der Waals surface area contributed by atoms with E-state index in [9.17, 15) is 4.79 Å². The summed E-state index contributed by atoms with van der Waals surface area (Å²) in [6.45, 7) is 4.50. The Balaban J connectivity index is 2.13. The minimum atomic E-state index is 0.143. The fourth-order valence-electron chi connectivity index (χ4n) is 2.83. The molecule has 0 spiro atoms. The number of anilines is 1. The first kappa shape index (κ1) is 18.2. The van der Waals surface area contributed by atoms with Crippen LogP contribution in [0, 0.1) is 11.3 Å². The van der Waals surface area contributed by atoms with E-state index >= 15 is 0 Å². The quantitative estimate of drug-likeness (QED) is 0.511. The predicted octanol–water partition coefficient (Wildman–Crippen LogP) is 3.75. The Morgan fingerprint density at radius 3 is 2.89 bits per heavy atom. The zero-order valence-corrected chi connectivity index (χ0v) is 14.9. The molecule has 1 heterocycles. The van der Waals surface area contributed by atoms with Gasteiger partial charge < -0.3 is 10.1 Å². The number of hydrogen-bond donors (Lipinski definition) is 1. The Bertz CT molecular complexity index is 1050. The van der Waals surface area contributed by atoms with Gasteiger partial charge in [0.15, 0.2) is 12.1 Å². The summed E-state index contributed by atoms with van der Waals surface area (Å²) in [6.07, 6.45) is 2.19. The van der Waals surface area contributed by atoms with Crippen LogP contribution in [0.25, 0.3) is 22.0 Å². The molecule has 2 aromatic carbocycles. The Kier molecular flexibility index (Phi) is 5.55. The monoisotopic (exact) mass is 358 g/mol. The molecule has 0 radical (unpaired) electrons. The van der Waals surface area contributed by atoms with Crippen molar-refractivity contribution >= 4 is 22.7 Å². The molecule has 0 unspecified atom stereocenters. The minimum absolute atomic E-state index is 0.143. The molecule has 0 bridgehead atoms. The molecule has 0 amide bonds. The van der Waals surface area contributed by atoms with Crippen LogP contribution in [-0.2, 0) is 11.3 Å². The van der Waals surface area contributed by atoms with E-state index in [-0.39, 0.29) is 5.82 Å². The molecule has 6 heteroatoms. The van der Waals surface area contributed by atoms with E-state index in [1.54, 1.807) is 19.4 Å². The number of nitrogens with zero attached hydrogens (tertiary/aromatic N) is 3. The molecule has 3 rings (SSSR count). The van der Waals surface area contributed by atoms with Crippen molar-refractivity contribution in [3.63, 3.8) is 0 Å². The summed E-state index contributed by atoms with van der Waals surface area (Å²) in [5.41, 5.74) is 3.84. The van der Waals surface area contributed by atoms with Crippen molar-refractivity contribution < 1.29 is 9.53 Å². The van der Waals surface area contributed by atoms with Gasteiger partial charge in [0.05, 0.1) is 18.4 Å². The molecule has 6 nitrogen and oxygen atoms in total. The Hall–Kier alpha value is -3.56. The van der Waals surface area contributed by atoms with E-state index in [4.69, 9.17) is 10.00 Å². The van der Waals surface area contributed by atoms with Crippen LogP contribution in [0.3, 0.4) is 0 Å². The molecule has 0 atom stereocenters. The first-order chi connectivity index (χ1) is 13.2. The molecular weight excluding hydrogens is 340 g/mol. The summed E-state index contributed by atoms with van der Waals surface area (Å²) in [5.74, 6) is 0.143. The lowest BCUT2D eigenvalue weighted by molar-refractivity contribution is 0.111. The Morgan fingerprint density at radius 2 is 2.15 bits per heavy atom. The van der Waals surface area contributed by atoms with Crippen LogP contribution < -0.4 is 5.32 Å². The number of aldehydes is 1. The van der Waals surface area contributed by atoms with E-state index in [1.165, 1.54) is 0 Å². The van der Waals surface area contributed by atoms with Crippen molar-refractivity contribution in [1.29, 1.82) is 5.26 Å². The smallest absolute Gasteiger partial charge is 0.193 e. The van der Waals surface area contributed by atoms with Crippen LogP contribution >= 0.6 is 0 Å². The number of hydrogen-bond acceptors (Lipinski definition) is 6. The SMILES string of the molecule is C=C(C#N)CNc1c(COC)ccc2ccc(-c3ccnc(C=O)n3)cc12.